The van der Waals surface area contributed by atoms with Crippen molar-refractivity contribution in [1.82, 2.24) is 0 Å². The Morgan fingerprint density at radius 3 is 1.72 bits per heavy atom. The maximum Gasteiger partial charge on any atom is 0.383 e. The van der Waals surface area contributed by atoms with E-state index in [-0.39, 0.29) is 5.56 Å². The monoisotopic (exact) mass is 248 g/mol. The second kappa shape index (κ2) is 4.86. The van der Waals surface area contributed by atoms with E-state index >= 15 is 0 Å². The van der Waals surface area contributed by atoms with Crippen LogP contribution >= 0.6 is 0 Å². The minimum atomic E-state index is -3.23. The molecule has 0 atom stereocenters. The van der Waals surface area contributed by atoms with Crippen LogP contribution in [-0.4, -0.2) is 7.11 Å². The summed E-state index contributed by atoms with van der Waals surface area (Å²) < 4.78 is 30.7. The van der Waals surface area contributed by atoms with Crippen LogP contribution in [0, 0.1) is 6.92 Å². The molecule has 0 N–H and O–H groups in total. The van der Waals surface area contributed by atoms with E-state index in [0.29, 0.717) is 0 Å². The molecule has 2 aromatic carbocycles. The van der Waals surface area contributed by atoms with Gasteiger partial charge < -0.3 is 4.74 Å². The molecule has 94 valence electrons. The predicted molar refractivity (Wildman–Crippen MR) is 67.5 cm³/mol. The summed E-state index contributed by atoms with van der Waals surface area (Å²) >= 11 is 0. The molecule has 2 aromatic rings. The van der Waals surface area contributed by atoms with Gasteiger partial charge in [-0.05, 0) is 30.2 Å². The summed E-state index contributed by atoms with van der Waals surface area (Å²) in [5, 5.41) is 0. The van der Waals surface area contributed by atoms with Gasteiger partial charge in [0, 0.05) is 7.11 Å². The maximum atomic E-state index is 13.2. The van der Waals surface area contributed by atoms with Gasteiger partial charge in [0.1, 0.15) is 0 Å². The minimum Gasteiger partial charge on any atom is -0.320 e. The first-order valence-electron chi connectivity index (χ1n) is 5.63. The van der Waals surface area contributed by atoms with Crippen molar-refractivity contribution in [1.29, 1.82) is 0 Å². The van der Waals surface area contributed by atoms with Crippen LogP contribution in [0.3, 0.4) is 0 Å². The number of alkyl halides is 2. The SMILES string of the molecule is COC(F)(F)c1ccc(-c2ccc(C)cc2)cc1. The molecule has 0 unspecified atom stereocenters. The Hall–Kier alpha value is -1.74. The van der Waals surface area contributed by atoms with E-state index in [9.17, 15) is 8.78 Å². The zero-order valence-electron chi connectivity index (χ0n) is 10.3. The van der Waals surface area contributed by atoms with Gasteiger partial charge >= 0.3 is 6.11 Å². The van der Waals surface area contributed by atoms with Crippen LogP contribution in [0.25, 0.3) is 11.1 Å². The van der Waals surface area contributed by atoms with Crippen LogP contribution in [0.5, 0.6) is 0 Å². The minimum absolute atomic E-state index is 0.138. The second-order valence-corrected chi connectivity index (χ2v) is 4.16. The normalized spacial score (nSPS) is 11.6. The lowest BCUT2D eigenvalue weighted by Gasteiger charge is -2.14. The van der Waals surface area contributed by atoms with Crippen LogP contribution in [0.1, 0.15) is 11.1 Å². The Labute approximate surface area is 105 Å². The Morgan fingerprint density at radius 2 is 1.28 bits per heavy atom. The lowest BCUT2D eigenvalue weighted by atomic mass is 10.0. The summed E-state index contributed by atoms with van der Waals surface area (Å²) in [7, 11) is 0.994. The van der Waals surface area contributed by atoms with Crippen molar-refractivity contribution >= 4 is 0 Å². The number of benzene rings is 2. The zero-order chi connectivity index (χ0) is 13.2. The van der Waals surface area contributed by atoms with Crippen molar-refractivity contribution < 1.29 is 13.5 Å². The average molecular weight is 248 g/mol. The molecule has 0 aliphatic heterocycles. The van der Waals surface area contributed by atoms with Gasteiger partial charge in [0.2, 0.25) is 0 Å². The highest BCUT2D eigenvalue weighted by molar-refractivity contribution is 5.64. The number of hydrogen-bond donors (Lipinski definition) is 0. The summed E-state index contributed by atoms with van der Waals surface area (Å²) in [5.41, 5.74) is 2.95. The maximum absolute atomic E-state index is 13.2. The van der Waals surface area contributed by atoms with Crippen LogP contribution < -0.4 is 0 Å². The zero-order valence-corrected chi connectivity index (χ0v) is 10.3. The quantitative estimate of drug-likeness (QED) is 0.784. The number of hydrogen-bond acceptors (Lipinski definition) is 1. The molecule has 18 heavy (non-hydrogen) atoms. The molecule has 0 aromatic heterocycles. The number of methoxy groups -OCH3 is 1. The van der Waals surface area contributed by atoms with E-state index < -0.39 is 6.11 Å². The summed E-state index contributed by atoms with van der Waals surface area (Å²) in [6, 6.07) is 14.1. The molecule has 0 aliphatic rings. The highest BCUT2D eigenvalue weighted by Crippen LogP contribution is 2.30. The van der Waals surface area contributed by atoms with E-state index in [1.807, 2.05) is 31.2 Å². The van der Waals surface area contributed by atoms with E-state index in [4.69, 9.17) is 0 Å². The third-order valence-corrected chi connectivity index (χ3v) is 2.86. The number of aryl methyl sites for hydroxylation is 1. The van der Waals surface area contributed by atoms with Crippen LogP contribution in [0.2, 0.25) is 0 Å². The van der Waals surface area contributed by atoms with Crippen molar-refractivity contribution in [2.45, 2.75) is 13.0 Å². The first kappa shape index (κ1) is 12.7. The van der Waals surface area contributed by atoms with Gasteiger partial charge in [-0.25, -0.2) is 0 Å². The Morgan fingerprint density at radius 1 is 0.833 bits per heavy atom. The van der Waals surface area contributed by atoms with E-state index in [0.717, 1.165) is 18.2 Å². The van der Waals surface area contributed by atoms with Gasteiger partial charge in [0.25, 0.3) is 0 Å². The fourth-order valence-corrected chi connectivity index (χ4v) is 1.72. The van der Waals surface area contributed by atoms with Gasteiger partial charge in [0.05, 0.1) is 5.56 Å². The highest BCUT2D eigenvalue weighted by atomic mass is 19.3. The van der Waals surface area contributed by atoms with Crippen LogP contribution in [0.4, 0.5) is 8.78 Å². The highest BCUT2D eigenvalue weighted by Gasteiger charge is 2.30. The smallest absolute Gasteiger partial charge is 0.320 e. The molecule has 0 saturated carbocycles. The molecule has 0 spiro atoms. The molecule has 0 heterocycles. The second-order valence-electron chi connectivity index (χ2n) is 4.16. The first-order valence-corrected chi connectivity index (χ1v) is 5.63. The summed E-state index contributed by atoms with van der Waals surface area (Å²) in [6.45, 7) is 2.01. The lowest BCUT2D eigenvalue weighted by molar-refractivity contribution is -0.231. The molecular weight excluding hydrogens is 234 g/mol. The lowest BCUT2D eigenvalue weighted by Crippen LogP contribution is -2.15. The molecule has 0 fully saturated rings. The topological polar surface area (TPSA) is 9.23 Å². The van der Waals surface area contributed by atoms with Crippen LogP contribution in [-0.2, 0) is 10.8 Å². The van der Waals surface area contributed by atoms with Crippen LogP contribution in [0.15, 0.2) is 48.5 Å². The molecule has 1 nitrogen and oxygen atoms in total. The summed E-state index contributed by atoms with van der Waals surface area (Å²) in [6.07, 6.45) is -3.23. The number of halogens is 2. The van der Waals surface area contributed by atoms with E-state index in [1.165, 1.54) is 17.7 Å². The fourth-order valence-electron chi connectivity index (χ4n) is 1.72. The molecule has 0 amide bonds. The van der Waals surface area contributed by atoms with Gasteiger partial charge in [-0.3, -0.25) is 0 Å². The van der Waals surface area contributed by atoms with Gasteiger partial charge in [0.15, 0.2) is 0 Å². The Kier molecular flexibility index (Phi) is 3.43. The van der Waals surface area contributed by atoms with E-state index in [1.54, 1.807) is 12.1 Å². The van der Waals surface area contributed by atoms with E-state index in [2.05, 4.69) is 4.74 Å². The molecule has 0 radical (unpaired) electrons. The van der Waals surface area contributed by atoms with Gasteiger partial charge in [-0.2, -0.15) is 8.78 Å². The Bertz CT molecular complexity index is 515. The molecule has 2 rings (SSSR count). The molecule has 0 saturated heterocycles. The van der Waals surface area contributed by atoms with Crippen molar-refractivity contribution in [2.75, 3.05) is 7.11 Å². The summed E-state index contributed by atoms with van der Waals surface area (Å²) in [4.78, 5) is 0. The third kappa shape index (κ3) is 2.57. The van der Waals surface area contributed by atoms with Gasteiger partial charge in [-0.1, -0.05) is 42.0 Å². The standard InChI is InChI=1S/C15H14F2O/c1-11-3-5-12(6-4-11)13-7-9-14(10-8-13)15(16,17)18-2/h3-10H,1-2H3. The van der Waals surface area contributed by atoms with Crippen molar-refractivity contribution in [3.05, 3.63) is 59.7 Å². The summed E-state index contributed by atoms with van der Waals surface area (Å²) in [5.74, 6) is 0. The molecule has 0 aliphatic carbocycles. The van der Waals surface area contributed by atoms with Crippen molar-refractivity contribution in [2.24, 2.45) is 0 Å². The fraction of sp³-hybridized carbons (Fsp3) is 0.200. The number of rotatable bonds is 3. The third-order valence-electron chi connectivity index (χ3n) is 2.86. The van der Waals surface area contributed by atoms with Gasteiger partial charge in [-0.15, -0.1) is 0 Å². The molecular formula is C15H14F2O. The van der Waals surface area contributed by atoms with Crippen molar-refractivity contribution in [3.63, 3.8) is 0 Å². The first-order chi connectivity index (χ1) is 8.53. The molecule has 0 bridgehead atoms. The molecule has 3 heteroatoms. The largest absolute Gasteiger partial charge is 0.383 e. The van der Waals surface area contributed by atoms with Crippen molar-refractivity contribution in [3.8, 4) is 11.1 Å². The Balaban J connectivity index is 2.30. The number of ether oxygens (including phenoxy) is 1. The average Bonchev–Trinajstić information content (AvgIpc) is 2.40. The predicted octanol–water partition coefficient (Wildman–Crippen LogP) is 4.36.